The Balaban J connectivity index is 2.03. The van der Waals surface area contributed by atoms with Gasteiger partial charge in [0.1, 0.15) is 6.04 Å². The second-order valence-corrected chi connectivity index (χ2v) is 4.25. The lowest BCUT2D eigenvalue weighted by Crippen LogP contribution is -2.36. The van der Waals surface area contributed by atoms with Crippen molar-refractivity contribution >= 4 is 5.97 Å². The Bertz CT molecular complexity index is 437. The van der Waals surface area contributed by atoms with E-state index < -0.39 is 23.6 Å². The van der Waals surface area contributed by atoms with E-state index in [4.69, 9.17) is 5.11 Å². The van der Waals surface area contributed by atoms with Crippen molar-refractivity contribution in [3.63, 3.8) is 0 Å². The summed E-state index contributed by atoms with van der Waals surface area (Å²) in [5.74, 6) is -2.60. The molecule has 0 amide bonds. The largest absolute Gasteiger partial charge is 0.480 e. The second-order valence-electron chi connectivity index (χ2n) is 4.25. The molecular weight excluding hydrogens is 228 g/mol. The van der Waals surface area contributed by atoms with Gasteiger partial charge >= 0.3 is 5.97 Å². The van der Waals surface area contributed by atoms with Crippen LogP contribution in [0.1, 0.15) is 18.4 Å². The van der Waals surface area contributed by atoms with Crippen LogP contribution in [0.4, 0.5) is 8.78 Å². The van der Waals surface area contributed by atoms with Gasteiger partial charge in [-0.1, -0.05) is 12.1 Å². The molecule has 1 aromatic carbocycles. The maximum absolute atomic E-state index is 13.4. The highest BCUT2D eigenvalue weighted by Crippen LogP contribution is 2.19. The number of carboxylic acid groups (broad SMARTS) is 1. The average Bonchev–Trinajstić information content (AvgIpc) is 2.73. The van der Waals surface area contributed by atoms with Crippen molar-refractivity contribution in [3.8, 4) is 0 Å². The molecule has 0 aromatic heterocycles. The Morgan fingerprint density at radius 2 is 2.18 bits per heavy atom. The second kappa shape index (κ2) is 4.79. The minimum atomic E-state index is -0.896. The van der Waals surface area contributed by atoms with E-state index in [-0.39, 0.29) is 11.6 Å². The maximum Gasteiger partial charge on any atom is 0.320 e. The summed E-state index contributed by atoms with van der Waals surface area (Å²) in [5, 5.41) is 11.7. The molecule has 1 aliphatic rings. The number of carbonyl (C=O) groups is 1. The van der Waals surface area contributed by atoms with E-state index >= 15 is 0 Å². The van der Waals surface area contributed by atoms with E-state index in [2.05, 4.69) is 5.32 Å². The minimum absolute atomic E-state index is 0.104. The Morgan fingerprint density at radius 1 is 1.41 bits per heavy atom. The number of carboxylic acids is 1. The van der Waals surface area contributed by atoms with Crippen molar-refractivity contribution in [2.24, 2.45) is 0 Å². The highest BCUT2D eigenvalue weighted by atomic mass is 19.2. The Labute approximate surface area is 97.5 Å². The summed E-state index contributed by atoms with van der Waals surface area (Å²) in [4.78, 5) is 10.7. The third kappa shape index (κ3) is 2.61. The third-order valence-corrected chi connectivity index (χ3v) is 3.04. The van der Waals surface area contributed by atoms with Crippen LogP contribution in [0.5, 0.6) is 0 Å². The summed E-state index contributed by atoms with van der Waals surface area (Å²) in [6.07, 6.45) is 1.50. The van der Waals surface area contributed by atoms with E-state index in [0.29, 0.717) is 19.3 Å². The third-order valence-electron chi connectivity index (χ3n) is 3.04. The van der Waals surface area contributed by atoms with Crippen LogP contribution in [0.15, 0.2) is 18.2 Å². The van der Waals surface area contributed by atoms with Gasteiger partial charge in [-0.2, -0.15) is 0 Å². The van der Waals surface area contributed by atoms with Crippen molar-refractivity contribution in [2.45, 2.75) is 31.3 Å². The van der Waals surface area contributed by atoms with Gasteiger partial charge in [-0.25, -0.2) is 8.78 Å². The molecule has 1 fully saturated rings. The van der Waals surface area contributed by atoms with Gasteiger partial charge in [0.2, 0.25) is 0 Å². The van der Waals surface area contributed by atoms with Crippen molar-refractivity contribution in [1.82, 2.24) is 5.32 Å². The zero-order valence-electron chi connectivity index (χ0n) is 9.12. The van der Waals surface area contributed by atoms with Crippen molar-refractivity contribution in [1.29, 1.82) is 0 Å². The van der Waals surface area contributed by atoms with Gasteiger partial charge in [0.05, 0.1) is 0 Å². The first-order valence-electron chi connectivity index (χ1n) is 5.49. The molecule has 1 aromatic rings. The highest BCUT2D eigenvalue weighted by molar-refractivity contribution is 5.73. The topological polar surface area (TPSA) is 49.3 Å². The first kappa shape index (κ1) is 12.0. The Hall–Kier alpha value is -1.49. The quantitative estimate of drug-likeness (QED) is 0.847. The van der Waals surface area contributed by atoms with Crippen LogP contribution in [-0.4, -0.2) is 23.2 Å². The fourth-order valence-corrected chi connectivity index (χ4v) is 2.15. The van der Waals surface area contributed by atoms with Crippen molar-refractivity contribution in [2.75, 3.05) is 0 Å². The first-order valence-corrected chi connectivity index (χ1v) is 5.49. The summed E-state index contributed by atoms with van der Waals surface area (Å²) >= 11 is 0. The summed E-state index contributed by atoms with van der Waals surface area (Å²) in [6, 6.07) is 3.37. The number of nitrogens with one attached hydrogen (secondary N) is 1. The van der Waals surface area contributed by atoms with Gasteiger partial charge in [-0.05, 0) is 30.9 Å². The lowest BCUT2D eigenvalue weighted by Gasteiger charge is -2.12. The summed E-state index contributed by atoms with van der Waals surface area (Å²) in [7, 11) is 0. The predicted molar refractivity (Wildman–Crippen MR) is 57.6 cm³/mol. The molecule has 2 atom stereocenters. The molecule has 0 spiro atoms. The molecule has 0 radical (unpaired) electrons. The fourth-order valence-electron chi connectivity index (χ4n) is 2.15. The van der Waals surface area contributed by atoms with E-state index in [1.807, 2.05) is 0 Å². The fraction of sp³-hybridized carbons (Fsp3) is 0.417. The molecule has 92 valence electrons. The smallest absolute Gasteiger partial charge is 0.320 e. The molecule has 5 heteroatoms. The predicted octanol–water partition coefficient (Wildman–Crippen LogP) is 1.71. The lowest BCUT2D eigenvalue weighted by atomic mass is 10.0. The Morgan fingerprint density at radius 3 is 2.82 bits per heavy atom. The summed E-state index contributed by atoms with van der Waals surface area (Å²) < 4.78 is 26.4. The van der Waals surface area contributed by atoms with Crippen LogP contribution in [-0.2, 0) is 11.2 Å². The summed E-state index contributed by atoms with van der Waals surface area (Å²) in [5.41, 5.74) is 0.286. The molecule has 2 N–H and O–H groups in total. The minimum Gasteiger partial charge on any atom is -0.480 e. The van der Waals surface area contributed by atoms with Crippen molar-refractivity contribution in [3.05, 3.63) is 35.4 Å². The van der Waals surface area contributed by atoms with Gasteiger partial charge in [0.15, 0.2) is 11.6 Å². The van der Waals surface area contributed by atoms with Crippen LogP contribution < -0.4 is 5.32 Å². The standard InChI is InChI=1S/C12H13F2NO2/c13-9-3-1-2-7(11(9)14)6-8-4-5-10(15-8)12(16)17/h1-3,8,10,15H,4-6H2,(H,16,17). The number of hydrogen-bond acceptors (Lipinski definition) is 2. The van der Waals surface area contributed by atoms with Gasteiger partial charge in [-0.3, -0.25) is 4.79 Å². The zero-order valence-corrected chi connectivity index (χ0v) is 9.12. The van der Waals surface area contributed by atoms with Crippen LogP contribution in [0.3, 0.4) is 0 Å². The van der Waals surface area contributed by atoms with Gasteiger partial charge < -0.3 is 10.4 Å². The number of hydrogen-bond donors (Lipinski definition) is 2. The van der Waals surface area contributed by atoms with Crippen LogP contribution in [0.25, 0.3) is 0 Å². The first-order chi connectivity index (χ1) is 8.08. The number of aliphatic carboxylic acids is 1. The van der Waals surface area contributed by atoms with E-state index in [1.165, 1.54) is 12.1 Å². The molecule has 1 saturated heterocycles. The number of benzene rings is 1. The molecular formula is C12H13F2NO2. The monoisotopic (exact) mass is 241 g/mol. The van der Waals surface area contributed by atoms with Crippen LogP contribution >= 0.6 is 0 Å². The molecule has 17 heavy (non-hydrogen) atoms. The molecule has 2 rings (SSSR count). The van der Waals surface area contributed by atoms with E-state index in [0.717, 1.165) is 6.07 Å². The highest BCUT2D eigenvalue weighted by Gasteiger charge is 2.29. The molecule has 1 aliphatic heterocycles. The van der Waals surface area contributed by atoms with Crippen LogP contribution in [0, 0.1) is 11.6 Å². The van der Waals surface area contributed by atoms with Crippen LogP contribution in [0.2, 0.25) is 0 Å². The molecule has 0 saturated carbocycles. The zero-order chi connectivity index (χ0) is 12.4. The van der Waals surface area contributed by atoms with Gasteiger partial charge in [-0.15, -0.1) is 0 Å². The molecule has 3 nitrogen and oxygen atoms in total. The normalized spacial score (nSPS) is 23.9. The number of halogens is 2. The molecule has 1 heterocycles. The lowest BCUT2D eigenvalue weighted by molar-refractivity contribution is -0.139. The Kier molecular flexibility index (Phi) is 3.38. The molecule has 0 bridgehead atoms. The SMILES string of the molecule is O=C(O)C1CCC(Cc2cccc(F)c2F)N1. The van der Waals surface area contributed by atoms with Gasteiger partial charge in [0.25, 0.3) is 0 Å². The number of rotatable bonds is 3. The summed E-state index contributed by atoms with van der Waals surface area (Å²) in [6.45, 7) is 0. The van der Waals surface area contributed by atoms with E-state index in [9.17, 15) is 13.6 Å². The molecule has 0 aliphatic carbocycles. The van der Waals surface area contributed by atoms with Gasteiger partial charge in [0, 0.05) is 6.04 Å². The average molecular weight is 241 g/mol. The maximum atomic E-state index is 13.4. The molecule has 2 unspecified atom stereocenters. The van der Waals surface area contributed by atoms with Crippen molar-refractivity contribution < 1.29 is 18.7 Å². The van der Waals surface area contributed by atoms with E-state index in [1.54, 1.807) is 0 Å².